The minimum Gasteiger partial charge on any atom is -0.467 e. The molecule has 0 heterocycles. The van der Waals surface area contributed by atoms with Crippen molar-refractivity contribution >= 4 is 58.3 Å². The Morgan fingerprint density at radius 3 is 1.31 bits per heavy atom. The third-order valence-electron chi connectivity index (χ3n) is 6.85. The average Bonchev–Trinajstić information content (AvgIpc) is 3.08. The molecule has 4 rings (SSSR count). The molecule has 4 aromatic carbocycles. The van der Waals surface area contributed by atoms with Gasteiger partial charge < -0.3 is 9.47 Å². The van der Waals surface area contributed by atoms with Crippen molar-refractivity contribution < 1.29 is 37.4 Å². The van der Waals surface area contributed by atoms with Crippen LogP contribution in [0.4, 0.5) is 20.2 Å². The molecule has 2 amide bonds. The Kier molecular flexibility index (Phi) is 13.6. The molecule has 0 aliphatic carbocycles. The van der Waals surface area contributed by atoms with E-state index in [1.807, 2.05) is 0 Å². The third kappa shape index (κ3) is 9.62. The van der Waals surface area contributed by atoms with E-state index in [9.17, 15) is 28.0 Å². The largest absolute Gasteiger partial charge is 0.467 e. The number of carbonyl (C=O) groups excluding carboxylic acids is 4. The molecule has 0 fully saturated rings. The molecular weight excluding hydrogens is 665 g/mol. The van der Waals surface area contributed by atoms with Crippen molar-refractivity contribution in [3.05, 3.63) is 130 Å². The van der Waals surface area contributed by atoms with E-state index in [2.05, 4.69) is 0 Å². The number of esters is 2. The Morgan fingerprint density at radius 1 is 0.604 bits per heavy atom. The van der Waals surface area contributed by atoms with Gasteiger partial charge in [0.05, 0.1) is 23.3 Å². The minimum absolute atomic E-state index is 0.132. The predicted octanol–water partition coefficient (Wildman–Crippen LogP) is 8.15. The number of halogens is 4. The summed E-state index contributed by atoms with van der Waals surface area (Å²) in [4.78, 5) is 52.4. The van der Waals surface area contributed by atoms with Gasteiger partial charge in [0.1, 0.15) is 23.7 Å². The monoisotopic (exact) mass is 698 g/mol. The first-order valence-electron chi connectivity index (χ1n) is 14.7. The highest BCUT2D eigenvalue weighted by Crippen LogP contribution is 2.28. The maximum absolute atomic E-state index is 13.5. The fourth-order valence-corrected chi connectivity index (χ4v) is 4.80. The summed E-state index contributed by atoms with van der Waals surface area (Å²) in [6.07, 6.45) is -0.319. The molecule has 12 heteroatoms. The van der Waals surface area contributed by atoms with Crippen LogP contribution in [-0.2, 0) is 19.1 Å². The molecule has 0 saturated carbocycles. The SMILES string of the molecule is CC(C)OC(=O)C(C)N(C(=O)c1ccccc1)c1ccc(F)c(Cl)c1.COC(=O)C(C)N(C(=O)c1ccccc1)c1ccc(F)c(Cl)c1. The van der Waals surface area contributed by atoms with Crippen LogP contribution < -0.4 is 9.80 Å². The van der Waals surface area contributed by atoms with E-state index in [0.29, 0.717) is 22.5 Å². The summed E-state index contributed by atoms with van der Waals surface area (Å²) in [6, 6.07) is 22.9. The molecule has 0 N–H and O–H groups in total. The van der Waals surface area contributed by atoms with Gasteiger partial charge in [-0.05, 0) is 88.4 Å². The van der Waals surface area contributed by atoms with Crippen LogP contribution in [0.3, 0.4) is 0 Å². The zero-order chi connectivity index (χ0) is 35.5. The van der Waals surface area contributed by atoms with Crippen molar-refractivity contribution in [3.8, 4) is 0 Å². The molecule has 2 unspecified atom stereocenters. The smallest absolute Gasteiger partial charge is 0.329 e. The van der Waals surface area contributed by atoms with Gasteiger partial charge in [0.15, 0.2) is 0 Å². The summed E-state index contributed by atoms with van der Waals surface area (Å²) in [5.41, 5.74) is 1.41. The predicted molar refractivity (Wildman–Crippen MR) is 181 cm³/mol. The molecule has 2 atom stereocenters. The van der Waals surface area contributed by atoms with Crippen molar-refractivity contribution in [3.63, 3.8) is 0 Å². The summed E-state index contributed by atoms with van der Waals surface area (Å²) in [5.74, 6) is -3.17. The molecule has 0 spiro atoms. The number of nitrogens with zero attached hydrogens (tertiary/aromatic N) is 2. The van der Waals surface area contributed by atoms with Gasteiger partial charge in [0.2, 0.25) is 0 Å². The number of ether oxygens (including phenoxy) is 2. The highest BCUT2D eigenvalue weighted by atomic mass is 35.5. The van der Waals surface area contributed by atoms with Crippen molar-refractivity contribution in [1.82, 2.24) is 0 Å². The lowest BCUT2D eigenvalue weighted by molar-refractivity contribution is -0.148. The highest BCUT2D eigenvalue weighted by molar-refractivity contribution is 6.31. The van der Waals surface area contributed by atoms with E-state index in [4.69, 9.17) is 32.7 Å². The van der Waals surface area contributed by atoms with Crippen LogP contribution >= 0.6 is 23.2 Å². The topological polar surface area (TPSA) is 93.2 Å². The first-order valence-corrected chi connectivity index (χ1v) is 15.5. The Hall–Kier alpha value is -4.80. The fourth-order valence-electron chi connectivity index (χ4n) is 4.46. The molecule has 252 valence electrons. The Balaban J connectivity index is 0.000000261. The lowest BCUT2D eigenvalue weighted by Gasteiger charge is -2.29. The number of rotatable bonds is 9. The van der Waals surface area contributed by atoms with E-state index in [1.54, 1.807) is 81.4 Å². The fraction of sp³-hybridized carbons (Fsp3) is 0.222. The van der Waals surface area contributed by atoms with Gasteiger partial charge in [-0.15, -0.1) is 0 Å². The van der Waals surface area contributed by atoms with Gasteiger partial charge in [0, 0.05) is 22.5 Å². The number of methoxy groups -OCH3 is 1. The van der Waals surface area contributed by atoms with E-state index in [0.717, 1.165) is 12.1 Å². The van der Waals surface area contributed by atoms with Gasteiger partial charge >= 0.3 is 11.9 Å². The first kappa shape index (κ1) is 37.7. The van der Waals surface area contributed by atoms with Gasteiger partial charge in [-0.3, -0.25) is 19.4 Å². The molecular formula is C36H34Cl2F2N2O6. The first-order chi connectivity index (χ1) is 22.8. The molecule has 0 aromatic heterocycles. The van der Waals surface area contributed by atoms with Crippen molar-refractivity contribution in [2.45, 2.75) is 45.9 Å². The molecule has 4 aromatic rings. The number of hydrogen-bond acceptors (Lipinski definition) is 6. The lowest BCUT2D eigenvalue weighted by atomic mass is 10.1. The average molecular weight is 700 g/mol. The summed E-state index contributed by atoms with van der Waals surface area (Å²) in [7, 11) is 1.24. The molecule has 0 aliphatic rings. The highest BCUT2D eigenvalue weighted by Gasteiger charge is 2.31. The van der Waals surface area contributed by atoms with Crippen LogP contribution in [0, 0.1) is 11.6 Å². The second-order valence-electron chi connectivity index (χ2n) is 10.6. The Bertz CT molecular complexity index is 1740. The second-order valence-corrected chi connectivity index (χ2v) is 11.5. The lowest BCUT2D eigenvalue weighted by Crippen LogP contribution is -2.45. The van der Waals surface area contributed by atoms with Gasteiger partial charge in [-0.2, -0.15) is 0 Å². The van der Waals surface area contributed by atoms with Gasteiger partial charge in [-0.25, -0.2) is 18.4 Å². The molecule has 0 bridgehead atoms. The van der Waals surface area contributed by atoms with E-state index in [1.165, 1.54) is 48.1 Å². The van der Waals surface area contributed by atoms with Crippen LogP contribution in [0.5, 0.6) is 0 Å². The number of benzene rings is 4. The Labute approximate surface area is 287 Å². The molecule has 0 radical (unpaired) electrons. The maximum Gasteiger partial charge on any atom is 0.329 e. The molecule has 8 nitrogen and oxygen atoms in total. The van der Waals surface area contributed by atoms with Gasteiger partial charge in [-0.1, -0.05) is 59.6 Å². The van der Waals surface area contributed by atoms with Crippen molar-refractivity contribution in [2.75, 3.05) is 16.9 Å². The van der Waals surface area contributed by atoms with Gasteiger partial charge in [0.25, 0.3) is 11.8 Å². The van der Waals surface area contributed by atoms with E-state index < -0.39 is 47.5 Å². The quantitative estimate of drug-likeness (QED) is 0.164. The van der Waals surface area contributed by atoms with Crippen LogP contribution in [0.15, 0.2) is 97.1 Å². The number of anilines is 2. The number of hydrogen-bond donors (Lipinski definition) is 0. The Morgan fingerprint density at radius 2 is 0.979 bits per heavy atom. The van der Waals surface area contributed by atoms with Crippen LogP contribution in [0.25, 0.3) is 0 Å². The minimum atomic E-state index is -0.906. The molecule has 0 saturated heterocycles. The van der Waals surface area contributed by atoms with Crippen LogP contribution in [0.1, 0.15) is 48.4 Å². The summed E-state index contributed by atoms with van der Waals surface area (Å²) < 4.78 is 36.8. The summed E-state index contributed by atoms with van der Waals surface area (Å²) >= 11 is 11.6. The second kappa shape index (κ2) is 17.4. The molecule has 48 heavy (non-hydrogen) atoms. The van der Waals surface area contributed by atoms with Crippen molar-refractivity contribution in [2.24, 2.45) is 0 Å². The van der Waals surface area contributed by atoms with Crippen LogP contribution in [0.2, 0.25) is 10.0 Å². The maximum atomic E-state index is 13.5. The number of amides is 2. The summed E-state index contributed by atoms with van der Waals surface area (Å²) in [6.45, 7) is 6.54. The zero-order valence-corrected chi connectivity index (χ0v) is 28.3. The normalized spacial score (nSPS) is 11.8. The van der Waals surface area contributed by atoms with E-state index >= 15 is 0 Å². The summed E-state index contributed by atoms with van der Waals surface area (Å²) in [5, 5.41) is -0.266. The standard InChI is InChI=1S/C19H19ClFNO3.C17H15ClFNO3/c1-12(2)25-19(24)13(3)22(15-9-10-17(21)16(20)11-15)18(23)14-7-5-4-6-8-14;1-11(17(22)23-2)20(13-8-9-15(19)14(18)10-13)16(21)12-6-4-3-5-7-12/h4-13H,1-3H3;3-11H,1-2H3. The van der Waals surface area contributed by atoms with Crippen molar-refractivity contribution in [1.29, 1.82) is 0 Å². The third-order valence-corrected chi connectivity index (χ3v) is 7.43. The van der Waals surface area contributed by atoms with Crippen LogP contribution in [-0.4, -0.2) is 49.1 Å². The van der Waals surface area contributed by atoms with E-state index in [-0.39, 0.29) is 16.1 Å². The zero-order valence-electron chi connectivity index (χ0n) is 26.8. The number of carbonyl (C=O) groups is 4. The molecule has 0 aliphatic heterocycles.